The molecule has 6 N–H and O–H groups in total. The van der Waals surface area contributed by atoms with Crippen molar-refractivity contribution in [1.29, 1.82) is 0 Å². The van der Waals surface area contributed by atoms with E-state index in [1.54, 1.807) is 14.0 Å². The fourth-order valence-electron chi connectivity index (χ4n) is 4.05. The number of hydrogen-bond donors (Lipinski definition) is 6. The molecule has 0 saturated carbocycles. The summed E-state index contributed by atoms with van der Waals surface area (Å²) >= 11 is 0. The lowest BCUT2D eigenvalue weighted by molar-refractivity contribution is -0.149. The average Bonchev–Trinajstić information content (AvgIpc) is 3.34. The molecular formula is C22H36N6O7. The third-order valence-electron chi connectivity index (χ3n) is 6.18. The van der Waals surface area contributed by atoms with Crippen LogP contribution in [0.2, 0.25) is 0 Å². The summed E-state index contributed by atoms with van der Waals surface area (Å²) in [4.78, 5) is 58.4. The second-order valence-corrected chi connectivity index (χ2v) is 8.70. The average molecular weight is 497 g/mol. The Labute approximate surface area is 204 Å². The van der Waals surface area contributed by atoms with Crippen LogP contribution in [-0.2, 0) is 30.3 Å². The predicted octanol–water partition coefficient (Wildman–Crippen LogP) is -1.61. The molecular weight excluding hydrogens is 460 g/mol. The number of nitrogens with one attached hydrogen (secondary N) is 4. The first kappa shape index (κ1) is 28.2. The van der Waals surface area contributed by atoms with Gasteiger partial charge in [-0.05, 0) is 33.7 Å². The van der Waals surface area contributed by atoms with Crippen LogP contribution in [0.1, 0.15) is 38.8 Å². The summed E-state index contributed by atoms with van der Waals surface area (Å²) in [7, 11) is 3.08. The molecule has 13 nitrogen and oxygen atoms in total. The number of amides is 3. The van der Waals surface area contributed by atoms with Gasteiger partial charge in [-0.1, -0.05) is 0 Å². The first-order chi connectivity index (χ1) is 16.6. The summed E-state index contributed by atoms with van der Waals surface area (Å²) in [5, 5.41) is 27.6. The van der Waals surface area contributed by atoms with Crippen molar-refractivity contribution in [1.82, 2.24) is 30.8 Å². The first-order valence-electron chi connectivity index (χ1n) is 11.6. The van der Waals surface area contributed by atoms with Crippen molar-refractivity contribution in [2.24, 2.45) is 0 Å². The fourth-order valence-corrected chi connectivity index (χ4v) is 4.05. The van der Waals surface area contributed by atoms with Crippen LogP contribution in [0, 0.1) is 0 Å². The summed E-state index contributed by atoms with van der Waals surface area (Å²) in [5.41, 5.74) is 0.549. The normalized spacial score (nSPS) is 21.5. The Morgan fingerprint density at radius 1 is 1.29 bits per heavy atom. The molecule has 3 amide bonds. The van der Waals surface area contributed by atoms with Crippen LogP contribution in [0.4, 0.5) is 0 Å². The minimum atomic E-state index is -1.22. The zero-order valence-corrected chi connectivity index (χ0v) is 20.5. The zero-order chi connectivity index (χ0) is 26.1. The van der Waals surface area contributed by atoms with Gasteiger partial charge in [0.2, 0.25) is 17.7 Å². The monoisotopic (exact) mass is 496 g/mol. The maximum atomic E-state index is 13.4. The lowest BCUT2D eigenvalue weighted by Gasteiger charge is -2.42. The van der Waals surface area contributed by atoms with E-state index in [0.717, 1.165) is 0 Å². The van der Waals surface area contributed by atoms with E-state index in [4.69, 9.17) is 4.74 Å². The van der Waals surface area contributed by atoms with E-state index >= 15 is 0 Å². The molecule has 35 heavy (non-hydrogen) atoms. The van der Waals surface area contributed by atoms with Gasteiger partial charge in [0.15, 0.2) is 0 Å². The smallest absolute Gasteiger partial charge is 0.326 e. The fraction of sp³-hybridized carbons (Fsp3) is 0.682. The molecule has 0 spiro atoms. The molecule has 13 heteroatoms. The second kappa shape index (κ2) is 13.2. The molecule has 1 saturated heterocycles. The summed E-state index contributed by atoms with van der Waals surface area (Å²) < 4.78 is 5.54. The molecule has 1 aliphatic rings. The van der Waals surface area contributed by atoms with E-state index in [2.05, 4.69) is 25.9 Å². The number of carboxylic acid groups (broad SMARTS) is 1. The molecule has 1 fully saturated rings. The summed E-state index contributed by atoms with van der Waals surface area (Å²) in [6, 6.07) is -3.69. The number of methoxy groups -OCH3 is 1. The SMILES string of the molecule is CN[C@H](C)C(=O)N[C@H](C(=O)N1CCC[C@@H](OC)[C@H]1CC(=O)N[C@@H](Cc1cnc[nH]1)C(=O)O)[C@H](C)O. The van der Waals surface area contributed by atoms with E-state index in [-0.39, 0.29) is 12.8 Å². The van der Waals surface area contributed by atoms with Crippen molar-refractivity contribution in [3.63, 3.8) is 0 Å². The Morgan fingerprint density at radius 2 is 2.00 bits per heavy atom. The molecule has 0 radical (unpaired) electrons. The third kappa shape index (κ3) is 7.73. The number of aromatic amines is 1. The van der Waals surface area contributed by atoms with Crippen molar-refractivity contribution in [3.8, 4) is 0 Å². The highest BCUT2D eigenvalue weighted by atomic mass is 16.5. The van der Waals surface area contributed by atoms with Gasteiger partial charge in [0, 0.05) is 38.4 Å². The molecule has 2 heterocycles. The minimum absolute atomic E-state index is 0.0157. The number of aromatic nitrogens is 2. The third-order valence-corrected chi connectivity index (χ3v) is 6.18. The Kier molecular flexibility index (Phi) is 10.6. The Morgan fingerprint density at radius 3 is 2.54 bits per heavy atom. The highest BCUT2D eigenvalue weighted by molar-refractivity contribution is 5.91. The number of carbonyl (C=O) groups is 4. The molecule has 0 aromatic carbocycles. The second-order valence-electron chi connectivity index (χ2n) is 8.70. The number of carbonyl (C=O) groups excluding carboxylic acids is 3. The number of aliphatic hydroxyl groups is 1. The minimum Gasteiger partial charge on any atom is -0.480 e. The number of rotatable bonds is 12. The largest absolute Gasteiger partial charge is 0.480 e. The molecule has 2 rings (SSSR count). The number of aliphatic hydroxyl groups excluding tert-OH is 1. The van der Waals surface area contributed by atoms with Crippen LogP contribution in [0.5, 0.6) is 0 Å². The number of piperidine rings is 1. The lowest BCUT2D eigenvalue weighted by Crippen LogP contribution is -2.62. The van der Waals surface area contributed by atoms with Crippen molar-refractivity contribution >= 4 is 23.7 Å². The van der Waals surface area contributed by atoms with E-state index in [0.29, 0.717) is 25.1 Å². The van der Waals surface area contributed by atoms with Gasteiger partial charge in [-0.3, -0.25) is 14.4 Å². The van der Waals surface area contributed by atoms with E-state index < -0.39 is 60.1 Å². The molecule has 6 atom stereocenters. The lowest BCUT2D eigenvalue weighted by atomic mass is 9.93. The van der Waals surface area contributed by atoms with Gasteiger partial charge in [-0.2, -0.15) is 0 Å². The molecule has 1 aromatic rings. The maximum absolute atomic E-state index is 13.4. The van der Waals surface area contributed by atoms with Gasteiger partial charge in [0.25, 0.3) is 0 Å². The summed E-state index contributed by atoms with van der Waals surface area (Å²) in [6.45, 7) is 3.32. The first-order valence-corrected chi connectivity index (χ1v) is 11.6. The number of aliphatic carboxylic acids is 1. The molecule has 0 unspecified atom stereocenters. The zero-order valence-electron chi connectivity index (χ0n) is 20.5. The molecule has 1 aliphatic heterocycles. The number of likely N-dealkylation sites (N-methyl/N-ethyl adjacent to an activating group) is 1. The number of ether oxygens (including phenoxy) is 1. The quantitative estimate of drug-likeness (QED) is 0.198. The number of H-pyrrole nitrogens is 1. The Balaban J connectivity index is 2.17. The predicted molar refractivity (Wildman–Crippen MR) is 124 cm³/mol. The van der Waals surface area contributed by atoms with Crippen LogP contribution < -0.4 is 16.0 Å². The van der Waals surface area contributed by atoms with Gasteiger partial charge in [0.1, 0.15) is 12.1 Å². The summed E-state index contributed by atoms with van der Waals surface area (Å²) in [5.74, 6) is -2.76. The maximum Gasteiger partial charge on any atom is 0.326 e. The van der Waals surface area contributed by atoms with Gasteiger partial charge < -0.3 is 40.8 Å². The van der Waals surface area contributed by atoms with Crippen LogP contribution in [-0.4, -0.2) is 106 Å². The van der Waals surface area contributed by atoms with Gasteiger partial charge >= 0.3 is 5.97 Å². The van der Waals surface area contributed by atoms with Crippen LogP contribution in [0.3, 0.4) is 0 Å². The van der Waals surface area contributed by atoms with Crippen molar-refractivity contribution < 1.29 is 34.1 Å². The Hall–Kier alpha value is -3.03. The van der Waals surface area contributed by atoms with Gasteiger partial charge in [-0.25, -0.2) is 9.78 Å². The highest BCUT2D eigenvalue weighted by Crippen LogP contribution is 2.24. The molecule has 1 aromatic heterocycles. The molecule has 0 bridgehead atoms. The number of hydrogen-bond acceptors (Lipinski definition) is 8. The van der Waals surface area contributed by atoms with Crippen LogP contribution in [0.15, 0.2) is 12.5 Å². The number of likely N-dealkylation sites (tertiary alicyclic amines) is 1. The van der Waals surface area contributed by atoms with Gasteiger partial charge in [0.05, 0.1) is 30.6 Å². The van der Waals surface area contributed by atoms with Crippen LogP contribution >= 0.6 is 0 Å². The van der Waals surface area contributed by atoms with E-state index in [1.807, 2.05) is 0 Å². The van der Waals surface area contributed by atoms with Crippen molar-refractivity contribution in [2.45, 2.75) is 75.9 Å². The number of nitrogens with zero attached hydrogens (tertiary/aromatic N) is 2. The van der Waals surface area contributed by atoms with Crippen molar-refractivity contribution in [3.05, 3.63) is 18.2 Å². The van der Waals surface area contributed by atoms with Gasteiger partial charge in [-0.15, -0.1) is 0 Å². The number of imidazole rings is 1. The van der Waals surface area contributed by atoms with Crippen LogP contribution in [0.25, 0.3) is 0 Å². The standard InChI is InChI=1S/C22H36N6O7/c1-12(23-3)20(31)27-19(13(2)29)21(32)28-7-5-6-17(35-4)16(28)9-18(30)26-15(22(33)34)8-14-10-24-11-25-14/h10-13,15-17,19,23,29H,5-9H2,1-4H3,(H,24,25)(H,26,30)(H,27,31)(H,33,34)/t12-,13+,15+,16-,17-,19+/m1/s1. The topological polar surface area (TPSA) is 186 Å². The number of carboxylic acids is 1. The van der Waals surface area contributed by atoms with E-state index in [1.165, 1.54) is 31.5 Å². The molecule has 196 valence electrons. The van der Waals surface area contributed by atoms with Crippen molar-refractivity contribution in [2.75, 3.05) is 20.7 Å². The summed E-state index contributed by atoms with van der Waals surface area (Å²) in [6.07, 6.45) is 2.25. The Bertz CT molecular complexity index is 862. The van der Waals surface area contributed by atoms with E-state index in [9.17, 15) is 29.4 Å². The molecule has 0 aliphatic carbocycles. The highest BCUT2D eigenvalue weighted by Gasteiger charge is 2.40.